The van der Waals surface area contributed by atoms with Crippen molar-refractivity contribution in [3.63, 3.8) is 0 Å². The van der Waals surface area contributed by atoms with Crippen molar-refractivity contribution >= 4 is 49.3 Å². The van der Waals surface area contributed by atoms with E-state index in [1.807, 2.05) is 12.1 Å². The second kappa shape index (κ2) is 10.2. The summed E-state index contributed by atoms with van der Waals surface area (Å²) in [5, 5.41) is 14.4. The van der Waals surface area contributed by atoms with Crippen molar-refractivity contribution in [1.82, 2.24) is 9.13 Å². The van der Waals surface area contributed by atoms with Crippen LogP contribution in [0.4, 0.5) is 5.69 Å². The van der Waals surface area contributed by atoms with Gasteiger partial charge in [-0.3, -0.25) is 0 Å². The van der Waals surface area contributed by atoms with Crippen molar-refractivity contribution in [2.24, 2.45) is 0 Å². The molecule has 0 aliphatic heterocycles. The highest BCUT2D eigenvalue weighted by molar-refractivity contribution is 6.26. The number of nitrogens with zero attached hydrogens (tertiary/aromatic N) is 4. The lowest BCUT2D eigenvalue weighted by atomic mass is 9.95. The molecule has 46 heavy (non-hydrogen) atoms. The van der Waals surface area contributed by atoms with Gasteiger partial charge in [-0.25, -0.2) is 4.85 Å². The summed E-state index contributed by atoms with van der Waals surface area (Å²) in [4.78, 5) is 4.03. The summed E-state index contributed by atoms with van der Waals surface area (Å²) < 4.78 is 4.81. The van der Waals surface area contributed by atoms with E-state index in [1.165, 1.54) is 22.3 Å². The van der Waals surface area contributed by atoms with Crippen LogP contribution in [0.3, 0.4) is 0 Å². The van der Waals surface area contributed by atoms with Crippen molar-refractivity contribution in [3.05, 3.63) is 148 Å². The van der Waals surface area contributed by atoms with Crippen molar-refractivity contribution < 1.29 is 0 Å². The zero-order valence-corrected chi connectivity index (χ0v) is 26.2. The second-order valence-corrected chi connectivity index (χ2v) is 12.2. The Morgan fingerprint density at radius 2 is 1.04 bits per heavy atom. The molecule has 0 saturated carbocycles. The van der Waals surface area contributed by atoms with Gasteiger partial charge in [0.05, 0.1) is 46.1 Å². The standard InChI is InChI=1S/C42H30N4/c1-25-12-10-13-26(2)39(25)45-36-18-8-6-16-30(36)33-23-34-31-17-7-9-19-37(31)46(40-27(3)14-11-15-28(40)4)42(34)38(41(33)45)32-21-20-29(24-43)22-35(32)44-5/h6-23H,1-4H3. The third kappa shape index (κ3) is 3.78. The smallest absolute Gasteiger partial charge is 0.196 e. The fraction of sp³-hybridized carbons (Fsp3) is 0.0952. The van der Waals surface area contributed by atoms with Gasteiger partial charge in [0, 0.05) is 32.7 Å². The molecule has 2 heterocycles. The molecule has 6 aromatic carbocycles. The molecule has 0 atom stereocenters. The van der Waals surface area contributed by atoms with Gasteiger partial charge in [0.25, 0.3) is 0 Å². The molecule has 0 aliphatic rings. The topological polar surface area (TPSA) is 38.0 Å². The van der Waals surface area contributed by atoms with Crippen LogP contribution in [0.1, 0.15) is 27.8 Å². The predicted molar refractivity (Wildman–Crippen MR) is 190 cm³/mol. The Balaban J connectivity index is 1.75. The Morgan fingerprint density at radius 1 is 0.565 bits per heavy atom. The van der Waals surface area contributed by atoms with E-state index >= 15 is 0 Å². The highest BCUT2D eigenvalue weighted by Crippen LogP contribution is 2.49. The van der Waals surface area contributed by atoms with Crippen LogP contribution < -0.4 is 0 Å². The first-order valence-corrected chi connectivity index (χ1v) is 15.5. The monoisotopic (exact) mass is 590 g/mol. The molecule has 8 rings (SSSR count). The molecule has 8 aromatic rings. The third-order valence-corrected chi connectivity index (χ3v) is 9.43. The number of rotatable bonds is 3. The molecule has 0 fully saturated rings. The van der Waals surface area contributed by atoms with Gasteiger partial charge in [-0.05, 0) is 85.8 Å². The largest absolute Gasteiger partial charge is 0.308 e. The van der Waals surface area contributed by atoms with Crippen LogP contribution in [0, 0.1) is 45.6 Å². The molecule has 0 N–H and O–H groups in total. The average molecular weight is 591 g/mol. The number of fused-ring (bicyclic) bond motifs is 6. The van der Waals surface area contributed by atoms with E-state index in [1.54, 1.807) is 6.07 Å². The first-order chi connectivity index (χ1) is 22.4. The first-order valence-electron chi connectivity index (χ1n) is 15.5. The maximum Gasteiger partial charge on any atom is 0.196 e. The molecule has 218 valence electrons. The molecule has 4 nitrogen and oxygen atoms in total. The summed E-state index contributed by atoms with van der Waals surface area (Å²) in [5.41, 5.74) is 14.1. The van der Waals surface area contributed by atoms with Gasteiger partial charge in [0.2, 0.25) is 0 Å². The van der Waals surface area contributed by atoms with Gasteiger partial charge >= 0.3 is 0 Å². The summed E-state index contributed by atoms with van der Waals surface area (Å²) in [6.45, 7) is 17.0. The van der Waals surface area contributed by atoms with Crippen LogP contribution in [-0.4, -0.2) is 9.13 Å². The fourth-order valence-electron chi connectivity index (χ4n) is 7.51. The number of aromatic nitrogens is 2. The van der Waals surface area contributed by atoms with Gasteiger partial charge in [0.15, 0.2) is 5.69 Å². The summed E-state index contributed by atoms with van der Waals surface area (Å²) in [6.07, 6.45) is 0. The lowest BCUT2D eigenvalue weighted by Crippen LogP contribution is -2.04. The molecule has 0 radical (unpaired) electrons. The molecular formula is C42H30N4. The van der Waals surface area contributed by atoms with E-state index in [-0.39, 0.29) is 0 Å². The molecule has 0 spiro atoms. The Bertz CT molecular complexity index is 2470. The lowest BCUT2D eigenvalue weighted by Gasteiger charge is -2.20. The van der Waals surface area contributed by atoms with Gasteiger partial charge in [0.1, 0.15) is 0 Å². The van der Waals surface area contributed by atoms with Gasteiger partial charge in [-0.15, -0.1) is 0 Å². The Labute approximate surface area is 267 Å². The van der Waals surface area contributed by atoms with Crippen LogP contribution in [0.2, 0.25) is 0 Å². The van der Waals surface area contributed by atoms with Crippen molar-refractivity contribution in [3.8, 4) is 28.6 Å². The van der Waals surface area contributed by atoms with Crippen LogP contribution in [0.25, 0.3) is 71.0 Å². The van der Waals surface area contributed by atoms with Crippen LogP contribution in [0.15, 0.2) is 109 Å². The van der Waals surface area contributed by atoms with Gasteiger partial charge in [-0.2, -0.15) is 5.26 Å². The van der Waals surface area contributed by atoms with E-state index < -0.39 is 0 Å². The maximum atomic E-state index is 9.80. The van der Waals surface area contributed by atoms with Gasteiger partial charge < -0.3 is 9.13 Å². The van der Waals surface area contributed by atoms with E-state index in [9.17, 15) is 5.26 Å². The molecule has 0 saturated heterocycles. The SMILES string of the molecule is [C-]#[N+]c1cc(C#N)ccc1-c1c2c(cc3c4ccccc4n(-c4c(C)cccc4C)c13)c1ccccc1n2-c1c(C)cccc1C. The summed E-state index contributed by atoms with van der Waals surface area (Å²) in [5.74, 6) is 0. The van der Waals surface area contributed by atoms with Crippen molar-refractivity contribution in [2.75, 3.05) is 0 Å². The van der Waals surface area contributed by atoms with Crippen LogP contribution >= 0.6 is 0 Å². The minimum atomic E-state index is 0.462. The Morgan fingerprint density at radius 3 is 1.50 bits per heavy atom. The number of hydrogen-bond donors (Lipinski definition) is 0. The number of nitriles is 1. The Hall–Kier alpha value is -6.10. The number of para-hydroxylation sites is 4. The molecular weight excluding hydrogens is 560 g/mol. The summed E-state index contributed by atoms with van der Waals surface area (Å²) in [6, 6.07) is 40.2. The van der Waals surface area contributed by atoms with Crippen LogP contribution in [0.5, 0.6) is 0 Å². The predicted octanol–water partition coefficient (Wildman–Crippen LogP) is 11.2. The quantitative estimate of drug-likeness (QED) is 0.189. The molecule has 0 unspecified atom stereocenters. The van der Waals surface area contributed by atoms with E-state index in [4.69, 9.17) is 6.57 Å². The normalized spacial score (nSPS) is 11.4. The number of benzene rings is 6. The molecule has 0 bridgehead atoms. The van der Waals surface area contributed by atoms with E-state index in [0.717, 1.165) is 66.1 Å². The highest BCUT2D eigenvalue weighted by Gasteiger charge is 2.27. The van der Waals surface area contributed by atoms with Crippen molar-refractivity contribution in [1.29, 1.82) is 5.26 Å². The molecule has 2 aromatic heterocycles. The second-order valence-electron chi connectivity index (χ2n) is 12.2. The molecule has 4 heteroatoms. The Kier molecular flexibility index (Phi) is 6.11. The average Bonchev–Trinajstić information content (AvgIpc) is 3.56. The zero-order chi connectivity index (χ0) is 31.7. The minimum Gasteiger partial charge on any atom is -0.308 e. The zero-order valence-electron chi connectivity index (χ0n) is 26.2. The third-order valence-electron chi connectivity index (χ3n) is 9.43. The van der Waals surface area contributed by atoms with E-state index in [0.29, 0.717) is 11.3 Å². The van der Waals surface area contributed by atoms with Crippen LogP contribution in [-0.2, 0) is 0 Å². The molecule has 0 aliphatic carbocycles. The summed E-state index contributed by atoms with van der Waals surface area (Å²) >= 11 is 0. The summed E-state index contributed by atoms with van der Waals surface area (Å²) in [7, 11) is 0. The number of hydrogen-bond acceptors (Lipinski definition) is 1. The maximum absolute atomic E-state index is 9.80. The van der Waals surface area contributed by atoms with Gasteiger partial charge in [-0.1, -0.05) is 78.9 Å². The highest BCUT2D eigenvalue weighted by atomic mass is 15.0. The first kappa shape index (κ1) is 27.4. The fourth-order valence-corrected chi connectivity index (χ4v) is 7.51. The minimum absolute atomic E-state index is 0.462. The lowest BCUT2D eigenvalue weighted by molar-refractivity contribution is 1.11. The van der Waals surface area contributed by atoms with Crippen molar-refractivity contribution in [2.45, 2.75) is 27.7 Å². The van der Waals surface area contributed by atoms with E-state index in [2.05, 4.69) is 139 Å². The molecule has 0 amide bonds. The number of aryl methyl sites for hydroxylation is 4.